The second-order valence-electron chi connectivity index (χ2n) is 3.83. The summed E-state index contributed by atoms with van der Waals surface area (Å²) in [6.45, 7) is 5.19. The first-order valence-corrected chi connectivity index (χ1v) is 5.75. The highest BCUT2D eigenvalue weighted by Gasteiger charge is 2.22. The van der Waals surface area contributed by atoms with Gasteiger partial charge in [0.05, 0.1) is 4.83 Å². The van der Waals surface area contributed by atoms with Gasteiger partial charge in [-0.25, -0.2) is 4.39 Å². The maximum atomic E-state index is 13.6. The molecule has 0 aromatic heterocycles. The number of benzene rings is 1. The van der Waals surface area contributed by atoms with Crippen molar-refractivity contribution in [3.8, 4) is 0 Å². The van der Waals surface area contributed by atoms with E-state index in [4.69, 9.17) is 0 Å². The third-order valence-electron chi connectivity index (χ3n) is 2.47. The lowest BCUT2D eigenvalue weighted by Gasteiger charge is -2.17. The first kappa shape index (κ1) is 12.4. The summed E-state index contributed by atoms with van der Waals surface area (Å²) in [4.78, 5) is 10.8. The first-order chi connectivity index (χ1) is 6.93. The Morgan fingerprint density at radius 1 is 1.47 bits per heavy atom. The number of ketones is 1. The van der Waals surface area contributed by atoms with Crippen LogP contribution in [0.5, 0.6) is 0 Å². The number of Topliss-reactive ketones (excluding diaryl/α,β-unsaturated/α-hetero) is 1. The molecule has 0 saturated carbocycles. The highest BCUT2D eigenvalue weighted by Crippen LogP contribution is 2.27. The van der Waals surface area contributed by atoms with Crippen molar-refractivity contribution < 1.29 is 9.18 Å². The zero-order valence-corrected chi connectivity index (χ0v) is 10.6. The van der Waals surface area contributed by atoms with Crippen LogP contribution in [0.15, 0.2) is 18.2 Å². The molecule has 0 aliphatic carbocycles. The monoisotopic (exact) mass is 272 g/mol. The van der Waals surface area contributed by atoms with Crippen LogP contribution < -0.4 is 0 Å². The average Bonchev–Trinajstić information content (AvgIpc) is 2.15. The van der Waals surface area contributed by atoms with Crippen LogP contribution in [0.2, 0.25) is 0 Å². The van der Waals surface area contributed by atoms with E-state index in [2.05, 4.69) is 15.9 Å². The predicted molar refractivity (Wildman–Crippen MR) is 62.9 cm³/mol. The zero-order valence-electron chi connectivity index (χ0n) is 9.05. The molecule has 0 bridgehead atoms. The van der Waals surface area contributed by atoms with Gasteiger partial charge in [-0.3, -0.25) is 4.79 Å². The molecular weight excluding hydrogens is 259 g/mol. The van der Waals surface area contributed by atoms with Gasteiger partial charge in [0, 0.05) is 5.92 Å². The molecule has 1 rings (SSSR count). The van der Waals surface area contributed by atoms with E-state index in [1.165, 1.54) is 13.0 Å². The molecular formula is C12H14BrFO. The van der Waals surface area contributed by atoms with E-state index < -0.39 is 0 Å². The van der Waals surface area contributed by atoms with Gasteiger partial charge in [-0.2, -0.15) is 0 Å². The largest absolute Gasteiger partial charge is 0.299 e. The number of carbonyl (C=O) groups is 1. The quantitative estimate of drug-likeness (QED) is 0.769. The van der Waals surface area contributed by atoms with E-state index in [9.17, 15) is 9.18 Å². The normalized spacial score (nSPS) is 14.7. The van der Waals surface area contributed by atoms with Crippen molar-refractivity contribution in [2.45, 2.75) is 31.5 Å². The fourth-order valence-corrected chi connectivity index (χ4v) is 1.80. The minimum absolute atomic E-state index is 0.0162. The first-order valence-electron chi connectivity index (χ1n) is 4.84. The predicted octanol–water partition coefficient (Wildman–Crippen LogP) is 3.59. The Morgan fingerprint density at radius 3 is 2.53 bits per heavy atom. The number of carbonyl (C=O) groups excluding carboxylic acids is 1. The second-order valence-corrected chi connectivity index (χ2v) is 4.81. The van der Waals surface area contributed by atoms with Gasteiger partial charge < -0.3 is 0 Å². The molecule has 0 saturated heterocycles. The molecule has 0 fully saturated rings. The van der Waals surface area contributed by atoms with Gasteiger partial charge in [-0.1, -0.05) is 35.0 Å². The van der Waals surface area contributed by atoms with Crippen LogP contribution in [-0.4, -0.2) is 10.6 Å². The minimum atomic E-state index is -0.324. The average molecular weight is 273 g/mol. The summed E-state index contributed by atoms with van der Waals surface area (Å²) in [7, 11) is 0. The molecule has 0 radical (unpaired) electrons. The van der Waals surface area contributed by atoms with Crippen molar-refractivity contribution in [3.63, 3.8) is 0 Å². The number of halogens is 2. The minimum Gasteiger partial charge on any atom is -0.299 e. The summed E-state index contributed by atoms with van der Waals surface area (Å²) in [5, 5.41) is 0. The molecule has 0 spiro atoms. The summed E-state index contributed by atoms with van der Waals surface area (Å²) >= 11 is 3.28. The molecule has 82 valence electrons. The highest BCUT2D eigenvalue weighted by atomic mass is 79.9. The maximum absolute atomic E-state index is 13.6. The third-order valence-corrected chi connectivity index (χ3v) is 3.91. The van der Waals surface area contributed by atoms with Crippen molar-refractivity contribution >= 4 is 21.7 Å². The van der Waals surface area contributed by atoms with Gasteiger partial charge in [0.2, 0.25) is 0 Å². The third kappa shape index (κ3) is 2.88. The molecule has 15 heavy (non-hydrogen) atoms. The summed E-state index contributed by atoms with van der Waals surface area (Å²) in [6.07, 6.45) is 0. The summed E-state index contributed by atoms with van der Waals surface area (Å²) in [5.41, 5.74) is 1.47. The Balaban J connectivity index is 3.01. The van der Waals surface area contributed by atoms with Crippen molar-refractivity contribution in [2.24, 2.45) is 0 Å². The van der Waals surface area contributed by atoms with Crippen LogP contribution in [0.4, 0.5) is 4.39 Å². The number of hydrogen-bond donors (Lipinski definition) is 0. The molecule has 0 aliphatic heterocycles. The van der Waals surface area contributed by atoms with E-state index in [-0.39, 0.29) is 22.3 Å². The summed E-state index contributed by atoms with van der Waals surface area (Å²) in [6, 6.07) is 5.09. The van der Waals surface area contributed by atoms with Gasteiger partial charge in [-0.05, 0) is 31.0 Å². The fraction of sp³-hybridized carbons (Fsp3) is 0.417. The van der Waals surface area contributed by atoms with Crippen LogP contribution >= 0.6 is 15.9 Å². The van der Waals surface area contributed by atoms with Crippen LogP contribution in [0, 0.1) is 12.7 Å². The van der Waals surface area contributed by atoms with Crippen LogP contribution in [0.1, 0.15) is 30.9 Å². The van der Waals surface area contributed by atoms with E-state index in [0.717, 1.165) is 5.56 Å². The van der Waals surface area contributed by atoms with Crippen molar-refractivity contribution in [1.82, 2.24) is 0 Å². The molecule has 0 aliphatic rings. The van der Waals surface area contributed by atoms with E-state index in [1.54, 1.807) is 6.07 Å². The maximum Gasteiger partial charge on any atom is 0.144 e. The van der Waals surface area contributed by atoms with Crippen LogP contribution in [0.3, 0.4) is 0 Å². The Hall–Kier alpha value is -0.700. The van der Waals surface area contributed by atoms with Crippen LogP contribution in [0.25, 0.3) is 0 Å². The Bertz CT molecular complexity index is 376. The topological polar surface area (TPSA) is 17.1 Å². The molecule has 2 atom stereocenters. The standard InChI is InChI=1S/C12H14BrFO/c1-7-4-5-10(11(14)6-7)8(2)12(13)9(3)15/h4-6,8,12H,1-3H3. The number of hydrogen-bond acceptors (Lipinski definition) is 1. The SMILES string of the molecule is CC(=O)C(Br)C(C)c1ccc(C)cc1F. The summed E-state index contributed by atoms with van der Waals surface area (Å²) < 4.78 is 13.6. The van der Waals surface area contributed by atoms with Gasteiger partial charge in [0.15, 0.2) is 0 Å². The van der Waals surface area contributed by atoms with Crippen LogP contribution in [-0.2, 0) is 4.79 Å². The van der Waals surface area contributed by atoms with Gasteiger partial charge >= 0.3 is 0 Å². The second kappa shape index (κ2) is 4.88. The highest BCUT2D eigenvalue weighted by molar-refractivity contribution is 9.10. The summed E-state index contributed by atoms with van der Waals surface area (Å²) in [5.74, 6) is -0.376. The van der Waals surface area contributed by atoms with Gasteiger partial charge in [0.1, 0.15) is 11.6 Å². The lowest BCUT2D eigenvalue weighted by molar-refractivity contribution is -0.116. The Kier molecular flexibility index (Phi) is 4.03. The molecule has 0 N–H and O–H groups in total. The molecule has 2 unspecified atom stereocenters. The Labute approximate surface area is 97.8 Å². The van der Waals surface area contributed by atoms with Crippen molar-refractivity contribution in [3.05, 3.63) is 35.1 Å². The molecule has 1 nitrogen and oxygen atoms in total. The number of aryl methyl sites for hydroxylation is 1. The number of rotatable bonds is 3. The van der Waals surface area contributed by atoms with Gasteiger partial charge in [0.25, 0.3) is 0 Å². The van der Waals surface area contributed by atoms with E-state index >= 15 is 0 Å². The molecule has 0 heterocycles. The van der Waals surface area contributed by atoms with Crippen molar-refractivity contribution in [1.29, 1.82) is 0 Å². The molecule has 1 aromatic carbocycles. The number of alkyl halides is 1. The van der Waals surface area contributed by atoms with Gasteiger partial charge in [-0.15, -0.1) is 0 Å². The fourth-order valence-electron chi connectivity index (χ4n) is 1.51. The molecule has 3 heteroatoms. The Morgan fingerprint density at radius 2 is 2.07 bits per heavy atom. The molecule has 1 aromatic rings. The smallest absolute Gasteiger partial charge is 0.144 e. The lowest BCUT2D eigenvalue weighted by atomic mass is 9.94. The lowest BCUT2D eigenvalue weighted by Crippen LogP contribution is -2.18. The zero-order chi connectivity index (χ0) is 11.6. The van der Waals surface area contributed by atoms with E-state index in [1.807, 2.05) is 19.9 Å². The van der Waals surface area contributed by atoms with E-state index in [0.29, 0.717) is 5.56 Å². The molecule has 0 amide bonds. The van der Waals surface area contributed by atoms with Crippen molar-refractivity contribution in [2.75, 3.05) is 0 Å².